The molecule has 0 atom stereocenters. The summed E-state index contributed by atoms with van der Waals surface area (Å²) in [5, 5.41) is 1.36. The zero-order valence-electron chi connectivity index (χ0n) is 44.3. The van der Waals surface area contributed by atoms with E-state index in [1.165, 1.54) is 39.7 Å². The number of hydrogen-bond acceptors (Lipinski definition) is 1. The van der Waals surface area contributed by atoms with Gasteiger partial charge in [-0.05, 0) is 75.5 Å². The molecule has 60 heavy (non-hydrogen) atoms. The van der Waals surface area contributed by atoms with Crippen LogP contribution in [0.15, 0.2) is 104 Å². The van der Waals surface area contributed by atoms with E-state index in [0.29, 0.717) is 27.1 Å². The molecule has 3 heteroatoms. The van der Waals surface area contributed by atoms with Gasteiger partial charge in [0.25, 0.3) is 0 Å². The van der Waals surface area contributed by atoms with Crippen molar-refractivity contribution in [3.63, 3.8) is 0 Å². The normalized spacial score (nSPS) is 10.7. The van der Waals surface area contributed by atoms with Crippen molar-refractivity contribution < 1.29 is 0 Å². The first-order valence-electron chi connectivity index (χ1n) is 23.5. The van der Waals surface area contributed by atoms with Gasteiger partial charge in [-0.25, -0.2) is 4.98 Å². The summed E-state index contributed by atoms with van der Waals surface area (Å²) >= 11 is 0. The molecule has 2 aromatic heterocycles. The summed E-state index contributed by atoms with van der Waals surface area (Å²) in [4.78, 5) is 10.3. The number of H-pyrrole nitrogens is 2. The predicted molar refractivity (Wildman–Crippen MR) is 278 cm³/mol. The van der Waals surface area contributed by atoms with Crippen molar-refractivity contribution >= 4 is 10.9 Å². The van der Waals surface area contributed by atoms with Crippen LogP contribution in [-0.4, -0.2) is 15.0 Å². The molecule has 2 heterocycles. The molecule has 5 aromatic rings. The molecule has 0 fully saturated rings. The number of para-hydroxylation sites is 1. The maximum Gasteiger partial charge on any atom is 0.0921 e. The van der Waals surface area contributed by atoms with Gasteiger partial charge in [-0.15, -0.1) is 0 Å². The third kappa shape index (κ3) is 39.8. The van der Waals surface area contributed by atoms with Crippen LogP contribution in [0.4, 0.5) is 0 Å². The summed E-state index contributed by atoms with van der Waals surface area (Å²) in [6.45, 7) is 52.0. The van der Waals surface area contributed by atoms with E-state index in [2.05, 4.69) is 217 Å². The second-order valence-corrected chi connectivity index (χ2v) is 20.3. The lowest BCUT2D eigenvalue weighted by Crippen LogP contribution is -2.09. The third-order valence-electron chi connectivity index (χ3n) is 7.89. The van der Waals surface area contributed by atoms with E-state index in [4.69, 9.17) is 0 Å². The molecule has 2 N–H and O–H groups in total. The minimum atomic E-state index is 0.352. The van der Waals surface area contributed by atoms with Crippen LogP contribution in [0.25, 0.3) is 10.9 Å². The molecule has 0 spiro atoms. The number of fused-ring (bicyclic) bond motifs is 1. The van der Waals surface area contributed by atoms with Crippen molar-refractivity contribution in [3.8, 4) is 0 Å². The Hall–Kier alpha value is -3.59. The van der Waals surface area contributed by atoms with E-state index < -0.39 is 0 Å². The fourth-order valence-corrected chi connectivity index (χ4v) is 5.22. The van der Waals surface area contributed by atoms with Crippen LogP contribution in [0.2, 0.25) is 0 Å². The Labute approximate surface area is 375 Å². The first-order chi connectivity index (χ1) is 27.9. The van der Waals surface area contributed by atoms with Crippen molar-refractivity contribution in [2.75, 3.05) is 0 Å². The highest BCUT2D eigenvalue weighted by atomic mass is 14.9. The molecule has 0 saturated carbocycles. The first kappa shape index (κ1) is 63.1. The maximum atomic E-state index is 3.95. The molecular formula is C57H101N3. The fourth-order valence-electron chi connectivity index (χ4n) is 5.22. The molecule has 5 rings (SSSR count). The number of aromatic nitrogens is 3. The number of nitrogens with one attached hydrogen (secondary N) is 2. The standard InChI is InChI=1S/C13H17N.2C11H16.C8H14N2.C6H14.4C2H6/c1-13(2,3)8-10-9-14-12-7-5-4-6-11(10)12;2*1-11(2,3)9-10-7-5-4-6-8-10;1-8(2,3)4-7-5-9-6-10-7;1-5-6(2,3)4;4*1-2/h4-7,9,14H,8H2,1-3H3;2*4-8H,9H2,1-3H3;5-6H,4H2,1-3H3,(H,9,10);5H2,1-4H3;4*1-2H3. The average molecular weight is 828 g/mol. The van der Waals surface area contributed by atoms with Crippen molar-refractivity contribution in [2.24, 2.45) is 27.1 Å². The van der Waals surface area contributed by atoms with Gasteiger partial charge in [-0.3, -0.25) is 0 Å². The van der Waals surface area contributed by atoms with E-state index in [1.807, 2.05) is 61.6 Å². The zero-order chi connectivity index (χ0) is 47.6. The molecule has 0 aliphatic heterocycles. The van der Waals surface area contributed by atoms with Crippen LogP contribution in [0.3, 0.4) is 0 Å². The van der Waals surface area contributed by atoms with Crippen molar-refractivity contribution in [2.45, 2.75) is 198 Å². The Morgan fingerprint density at radius 2 is 0.767 bits per heavy atom. The van der Waals surface area contributed by atoms with Crippen molar-refractivity contribution in [1.29, 1.82) is 0 Å². The Balaban J connectivity index is -0.000000318. The van der Waals surface area contributed by atoms with E-state index in [9.17, 15) is 0 Å². The number of benzene rings is 3. The van der Waals surface area contributed by atoms with Crippen LogP contribution >= 0.6 is 0 Å². The molecule has 0 bridgehead atoms. The SMILES string of the molecule is CC.CC.CC.CC.CC(C)(C)Cc1c[nH]c2ccccc12.CC(C)(C)Cc1ccccc1.CC(C)(C)Cc1ccccc1.CC(C)(C)Cc1cnc[nH]1.CCC(C)(C)C. The topological polar surface area (TPSA) is 44.5 Å². The smallest absolute Gasteiger partial charge is 0.0921 e. The molecule has 344 valence electrons. The van der Waals surface area contributed by atoms with Crippen LogP contribution in [-0.2, 0) is 25.7 Å². The lowest BCUT2D eigenvalue weighted by molar-refractivity contribution is 0.398. The predicted octanol–water partition coefficient (Wildman–Crippen LogP) is 18.9. The van der Waals surface area contributed by atoms with Gasteiger partial charge < -0.3 is 9.97 Å². The number of aromatic amines is 2. The van der Waals surface area contributed by atoms with Crippen molar-refractivity contribution in [1.82, 2.24) is 15.0 Å². The van der Waals surface area contributed by atoms with Gasteiger partial charge in [0.1, 0.15) is 0 Å². The Morgan fingerprint density at radius 3 is 1.08 bits per heavy atom. The van der Waals surface area contributed by atoms with Crippen LogP contribution in [0, 0.1) is 27.1 Å². The number of hydrogen-bond donors (Lipinski definition) is 2. The van der Waals surface area contributed by atoms with Gasteiger partial charge in [-0.2, -0.15) is 0 Å². The monoisotopic (exact) mass is 828 g/mol. The molecule has 0 unspecified atom stereocenters. The maximum absolute atomic E-state index is 3.95. The quantitative estimate of drug-likeness (QED) is 0.186. The van der Waals surface area contributed by atoms with Gasteiger partial charge in [0.05, 0.1) is 6.33 Å². The second-order valence-electron chi connectivity index (χ2n) is 20.3. The molecule has 0 aliphatic rings. The lowest BCUT2D eigenvalue weighted by atomic mass is 9.88. The molecular weight excluding hydrogens is 727 g/mol. The summed E-state index contributed by atoms with van der Waals surface area (Å²) in [6.07, 6.45) is 11.5. The highest BCUT2D eigenvalue weighted by Crippen LogP contribution is 2.26. The number of rotatable bonds is 4. The molecule has 3 nitrogen and oxygen atoms in total. The van der Waals surface area contributed by atoms with Gasteiger partial charge in [0.2, 0.25) is 0 Å². The summed E-state index contributed by atoms with van der Waals surface area (Å²) in [5.41, 5.74) is 8.80. The average Bonchev–Trinajstić information content (AvgIpc) is 3.84. The summed E-state index contributed by atoms with van der Waals surface area (Å²) in [7, 11) is 0. The Kier molecular flexibility index (Phi) is 35.8. The van der Waals surface area contributed by atoms with E-state index in [1.54, 1.807) is 6.33 Å². The zero-order valence-corrected chi connectivity index (χ0v) is 44.3. The summed E-state index contributed by atoms with van der Waals surface area (Å²) < 4.78 is 0. The highest BCUT2D eigenvalue weighted by Gasteiger charge is 2.14. The third-order valence-corrected chi connectivity index (χ3v) is 7.89. The fraction of sp³-hybridized carbons (Fsp3) is 0.596. The lowest BCUT2D eigenvalue weighted by Gasteiger charge is -2.17. The van der Waals surface area contributed by atoms with Gasteiger partial charge in [0.15, 0.2) is 0 Å². The summed E-state index contributed by atoms with van der Waals surface area (Å²) in [6, 6.07) is 29.7. The molecule has 3 aromatic carbocycles. The molecule has 0 saturated heterocycles. The molecule has 0 amide bonds. The Bertz CT molecular complexity index is 1540. The van der Waals surface area contributed by atoms with Crippen LogP contribution in [0.1, 0.15) is 195 Å². The van der Waals surface area contributed by atoms with Gasteiger partial charge >= 0.3 is 0 Å². The van der Waals surface area contributed by atoms with E-state index in [0.717, 1.165) is 25.7 Å². The molecule has 0 aliphatic carbocycles. The number of imidazole rings is 1. The van der Waals surface area contributed by atoms with Crippen LogP contribution < -0.4 is 0 Å². The van der Waals surface area contributed by atoms with Gasteiger partial charge in [0, 0.05) is 29.0 Å². The largest absolute Gasteiger partial charge is 0.361 e. The minimum Gasteiger partial charge on any atom is -0.361 e. The Morgan fingerprint density at radius 1 is 0.417 bits per heavy atom. The van der Waals surface area contributed by atoms with Crippen LogP contribution in [0.5, 0.6) is 0 Å². The highest BCUT2D eigenvalue weighted by molar-refractivity contribution is 5.83. The summed E-state index contributed by atoms with van der Waals surface area (Å²) in [5.74, 6) is 0. The minimum absolute atomic E-state index is 0.352. The molecule has 0 radical (unpaired) electrons. The van der Waals surface area contributed by atoms with E-state index in [-0.39, 0.29) is 0 Å². The van der Waals surface area contributed by atoms with E-state index >= 15 is 0 Å². The second kappa shape index (κ2) is 34.0. The van der Waals surface area contributed by atoms with Gasteiger partial charge in [-0.1, -0.05) is 251 Å². The number of nitrogens with zero attached hydrogens (tertiary/aromatic N) is 1. The first-order valence-corrected chi connectivity index (χ1v) is 23.5. The van der Waals surface area contributed by atoms with Crippen molar-refractivity contribution in [3.05, 3.63) is 126 Å².